The third-order valence-electron chi connectivity index (χ3n) is 4.17. The van der Waals surface area contributed by atoms with Crippen molar-refractivity contribution in [1.29, 1.82) is 0 Å². The molecule has 0 bridgehead atoms. The van der Waals surface area contributed by atoms with Gasteiger partial charge in [0.15, 0.2) is 0 Å². The molecular formula is C21H16ClN3O3S. The second kappa shape index (κ2) is 8.55. The van der Waals surface area contributed by atoms with Crippen LogP contribution in [0.5, 0.6) is 5.75 Å². The number of anilines is 1. The van der Waals surface area contributed by atoms with E-state index < -0.39 is 0 Å². The molecule has 4 aromatic rings. The molecule has 6 nitrogen and oxygen atoms in total. The lowest BCUT2D eigenvalue weighted by atomic mass is 10.1. The van der Waals surface area contributed by atoms with E-state index >= 15 is 0 Å². The SMILES string of the molecule is COc1ccc(Cl)cc1NC(=O)CSc1nnc(-c2ccc3ccccc3c2)o1. The number of rotatable bonds is 6. The Morgan fingerprint density at radius 1 is 1.10 bits per heavy atom. The van der Waals surface area contributed by atoms with Crippen LogP contribution in [0.3, 0.4) is 0 Å². The van der Waals surface area contributed by atoms with E-state index in [0.29, 0.717) is 27.6 Å². The van der Waals surface area contributed by atoms with E-state index in [2.05, 4.69) is 15.5 Å². The van der Waals surface area contributed by atoms with Crippen LogP contribution in [0.2, 0.25) is 5.02 Å². The average Bonchev–Trinajstić information content (AvgIpc) is 3.21. The molecule has 1 amide bonds. The van der Waals surface area contributed by atoms with Crippen molar-refractivity contribution in [2.75, 3.05) is 18.2 Å². The van der Waals surface area contributed by atoms with Gasteiger partial charge in [0, 0.05) is 10.6 Å². The van der Waals surface area contributed by atoms with Crippen LogP contribution in [-0.4, -0.2) is 29.0 Å². The highest BCUT2D eigenvalue weighted by molar-refractivity contribution is 7.99. The number of fused-ring (bicyclic) bond motifs is 1. The number of amides is 1. The van der Waals surface area contributed by atoms with Gasteiger partial charge in [-0.3, -0.25) is 4.79 Å². The zero-order chi connectivity index (χ0) is 20.2. The first-order valence-corrected chi connectivity index (χ1v) is 10.1. The lowest BCUT2D eigenvalue weighted by Crippen LogP contribution is -2.14. The third-order valence-corrected chi connectivity index (χ3v) is 5.22. The minimum absolute atomic E-state index is 0.106. The van der Waals surface area contributed by atoms with Gasteiger partial charge in [-0.2, -0.15) is 0 Å². The molecular weight excluding hydrogens is 410 g/mol. The van der Waals surface area contributed by atoms with Crippen molar-refractivity contribution < 1.29 is 13.9 Å². The highest BCUT2D eigenvalue weighted by atomic mass is 35.5. The van der Waals surface area contributed by atoms with E-state index in [1.54, 1.807) is 18.2 Å². The Labute approximate surface area is 176 Å². The molecule has 29 heavy (non-hydrogen) atoms. The Bertz CT molecular complexity index is 1180. The first-order valence-electron chi connectivity index (χ1n) is 8.71. The molecule has 0 unspecified atom stereocenters. The van der Waals surface area contributed by atoms with E-state index in [1.165, 1.54) is 7.11 Å². The molecule has 1 heterocycles. The maximum Gasteiger partial charge on any atom is 0.277 e. The van der Waals surface area contributed by atoms with Crippen LogP contribution >= 0.6 is 23.4 Å². The number of carbonyl (C=O) groups is 1. The minimum Gasteiger partial charge on any atom is -0.495 e. The molecule has 1 aromatic heterocycles. The van der Waals surface area contributed by atoms with Crippen molar-refractivity contribution in [1.82, 2.24) is 10.2 Å². The molecule has 1 N–H and O–H groups in total. The molecule has 3 aromatic carbocycles. The average molecular weight is 426 g/mol. The summed E-state index contributed by atoms with van der Waals surface area (Å²) in [5, 5.41) is 13.9. The normalized spacial score (nSPS) is 10.8. The zero-order valence-corrected chi connectivity index (χ0v) is 17.0. The largest absolute Gasteiger partial charge is 0.495 e. The summed E-state index contributed by atoms with van der Waals surface area (Å²) in [6, 6.07) is 19.0. The Balaban J connectivity index is 1.41. The molecule has 8 heteroatoms. The van der Waals surface area contributed by atoms with Crippen LogP contribution in [-0.2, 0) is 4.79 Å². The number of aromatic nitrogens is 2. The quantitative estimate of drug-likeness (QED) is 0.423. The number of carbonyl (C=O) groups excluding carboxylic acids is 1. The Morgan fingerprint density at radius 2 is 1.93 bits per heavy atom. The fourth-order valence-corrected chi connectivity index (χ4v) is 3.53. The van der Waals surface area contributed by atoms with E-state index in [-0.39, 0.29) is 11.7 Å². The number of benzene rings is 3. The van der Waals surface area contributed by atoms with Gasteiger partial charge in [-0.1, -0.05) is 53.7 Å². The van der Waals surface area contributed by atoms with Crippen LogP contribution in [0.4, 0.5) is 5.69 Å². The van der Waals surface area contributed by atoms with Crippen LogP contribution in [0.1, 0.15) is 0 Å². The monoisotopic (exact) mass is 425 g/mol. The number of hydrogen-bond acceptors (Lipinski definition) is 6. The molecule has 146 valence electrons. The Kier molecular flexibility index (Phi) is 5.69. The van der Waals surface area contributed by atoms with Gasteiger partial charge in [0.05, 0.1) is 18.6 Å². The lowest BCUT2D eigenvalue weighted by Gasteiger charge is -2.09. The third kappa shape index (κ3) is 4.52. The molecule has 0 radical (unpaired) electrons. The molecule has 0 aliphatic heterocycles. The predicted molar refractivity (Wildman–Crippen MR) is 115 cm³/mol. The van der Waals surface area contributed by atoms with Gasteiger partial charge < -0.3 is 14.5 Å². The molecule has 0 fully saturated rings. The number of nitrogens with zero attached hydrogens (tertiary/aromatic N) is 2. The fraction of sp³-hybridized carbons (Fsp3) is 0.0952. The summed E-state index contributed by atoms with van der Waals surface area (Å²) in [7, 11) is 1.53. The molecule has 0 atom stereocenters. The van der Waals surface area contributed by atoms with Gasteiger partial charge >= 0.3 is 0 Å². The number of halogens is 1. The van der Waals surface area contributed by atoms with Crippen LogP contribution in [0, 0.1) is 0 Å². The van der Waals surface area contributed by atoms with Crippen LogP contribution < -0.4 is 10.1 Å². The van der Waals surface area contributed by atoms with Gasteiger partial charge in [-0.25, -0.2) is 0 Å². The first kappa shape index (κ1) is 19.3. The molecule has 0 saturated carbocycles. The Morgan fingerprint density at radius 3 is 2.76 bits per heavy atom. The van der Waals surface area contributed by atoms with Gasteiger partial charge in [0.2, 0.25) is 11.8 Å². The summed E-state index contributed by atoms with van der Waals surface area (Å²) in [6.07, 6.45) is 0. The second-order valence-corrected chi connectivity index (χ2v) is 7.48. The summed E-state index contributed by atoms with van der Waals surface area (Å²) < 4.78 is 10.9. The van der Waals surface area contributed by atoms with Gasteiger partial charge in [0.25, 0.3) is 5.22 Å². The predicted octanol–water partition coefficient (Wildman–Crippen LogP) is 5.28. The van der Waals surface area contributed by atoms with Crippen molar-refractivity contribution in [3.63, 3.8) is 0 Å². The van der Waals surface area contributed by atoms with E-state index in [1.807, 2.05) is 42.5 Å². The minimum atomic E-state index is -0.235. The number of ether oxygens (including phenoxy) is 1. The number of methoxy groups -OCH3 is 1. The molecule has 0 saturated heterocycles. The van der Waals surface area contributed by atoms with Crippen molar-refractivity contribution in [2.45, 2.75) is 5.22 Å². The summed E-state index contributed by atoms with van der Waals surface area (Å²) >= 11 is 7.14. The van der Waals surface area contributed by atoms with Crippen molar-refractivity contribution in [2.24, 2.45) is 0 Å². The fourth-order valence-electron chi connectivity index (χ4n) is 2.80. The van der Waals surface area contributed by atoms with Gasteiger partial charge in [-0.05, 0) is 41.1 Å². The first-order chi connectivity index (χ1) is 14.1. The summed E-state index contributed by atoms with van der Waals surface area (Å²) in [6.45, 7) is 0. The summed E-state index contributed by atoms with van der Waals surface area (Å²) in [5.74, 6) is 0.815. The number of nitrogens with one attached hydrogen (secondary N) is 1. The molecule has 0 aliphatic rings. The van der Waals surface area contributed by atoms with E-state index in [9.17, 15) is 4.79 Å². The molecule has 0 spiro atoms. The Hall–Kier alpha value is -3.03. The summed E-state index contributed by atoms with van der Waals surface area (Å²) in [4.78, 5) is 12.3. The molecule has 4 rings (SSSR count). The maximum atomic E-state index is 12.3. The van der Waals surface area contributed by atoms with Crippen molar-refractivity contribution in [3.8, 4) is 17.2 Å². The van der Waals surface area contributed by atoms with Crippen LogP contribution in [0.15, 0.2) is 70.3 Å². The van der Waals surface area contributed by atoms with Gasteiger partial charge in [0.1, 0.15) is 5.75 Å². The van der Waals surface area contributed by atoms with E-state index in [0.717, 1.165) is 28.1 Å². The number of thioether (sulfide) groups is 1. The topological polar surface area (TPSA) is 77.2 Å². The summed E-state index contributed by atoms with van der Waals surface area (Å²) in [5.41, 5.74) is 1.34. The van der Waals surface area contributed by atoms with Crippen LogP contribution in [0.25, 0.3) is 22.2 Å². The van der Waals surface area contributed by atoms with E-state index in [4.69, 9.17) is 20.8 Å². The van der Waals surface area contributed by atoms with Crippen molar-refractivity contribution >= 4 is 45.7 Å². The van der Waals surface area contributed by atoms with Gasteiger partial charge in [-0.15, -0.1) is 10.2 Å². The lowest BCUT2D eigenvalue weighted by molar-refractivity contribution is -0.113. The zero-order valence-electron chi connectivity index (χ0n) is 15.4. The highest BCUT2D eigenvalue weighted by Crippen LogP contribution is 2.29. The maximum absolute atomic E-state index is 12.3. The van der Waals surface area contributed by atoms with Crippen molar-refractivity contribution in [3.05, 3.63) is 65.7 Å². The number of hydrogen-bond donors (Lipinski definition) is 1. The second-order valence-electron chi connectivity index (χ2n) is 6.12. The highest BCUT2D eigenvalue weighted by Gasteiger charge is 2.13. The smallest absolute Gasteiger partial charge is 0.277 e. The standard InChI is InChI=1S/C21H16ClN3O3S/c1-27-18-9-8-16(22)11-17(18)23-19(26)12-29-21-25-24-20(28-21)15-7-6-13-4-2-3-5-14(13)10-15/h2-11H,12H2,1H3,(H,23,26). The molecule has 0 aliphatic carbocycles.